The van der Waals surface area contributed by atoms with Gasteiger partial charge in [0.15, 0.2) is 0 Å². The number of rotatable bonds is 3. The van der Waals surface area contributed by atoms with Gasteiger partial charge in [0.2, 0.25) is 0 Å². The molecule has 2 atom stereocenters. The molecule has 0 unspecified atom stereocenters. The van der Waals surface area contributed by atoms with Crippen molar-refractivity contribution < 1.29 is 0 Å². The van der Waals surface area contributed by atoms with E-state index in [2.05, 4.69) is 50.1 Å². The molecule has 1 fully saturated rings. The van der Waals surface area contributed by atoms with Crippen LogP contribution in [0.4, 0.5) is 0 Å². The Morgan fingerprint density at radius 2 is 1.70 bits per heavy atom. The predicted molar refractivity (Wildman–Crippen MR) is 80.5 cm³/mol. The first kappa shape index (κ1) is 13.1. The van der Waals surface area contributed by atoms with Crippen LogP contribution in [0.3, 0.4) is 0 Å². The summed E-state index contributed by atoms with van der Waals surface area (Å²) in [7, 11) is 0. The number of hydrogen-bond acceptors (Lipinski definition) is 2. The third-order valence-electron chi connectivity index (χ3n) is 4.64. The first-order valence-corrected chi connectivity index (χ1v) is 7.21. The minimum absolute atomic E-state index is 0.00726. The smallest absolute Gasteiger partial charge is 0.266 e. The molecule has 0 aliphatic heterocycles. The Labute approximate surface area is 119 Å². The Morgan fingerprint density at radius 3 is 2.30 bits per heavy atom. The van der Waals surface area contributed by atoms with Gasteiger partial charge < -0.3 is 0 Å². The first-order chi connectivity index (χ1) is 9.56. The number of hydrogen-bond donors (Lipinski definition) is 0. The van der Waals surface area contributed by atoms with E-state index in [4.69, 9.17) is 0 Å². The Kier molecular flexibility index (Phi) is 3.20. The maximum Gasteiger partial charge on any atom is 0.266 e. The number of nitrogens with zero attached hydrogens (tertiary/aromatic N) is 2. The summed E-state index contributed by atoms with van der Waals surface area (Å²) in [5.41, 5.74) is 3.14. The van der Waals surface area contributed by atoms with E-state index in [1.807, 2.05) is 6.07 Å². The lowest BCUT2D eigenvalue weighted by molar-refractivity contribution is 0.505. The van der Waals surface area contributed by atoms with Gasteiger partial charge in [-0.2, -0.15) is 5.10 Å². The monoisotopic (exact) mass is 268 g/mol. The maximum atomic E-state index is 11.9. The molecule has 1 heterocycles. The molecule has 3 rings (SSSR count). The van der Waals surface area contributed by atoms with Crippen LogP contribution in [0.25, 0.3) is 11.3 Å². The van der Waals surface area contributed by atoms with Crippen LogP contribution in [0.1, 0.15) is 19.4 Å². The van der Waals surface area contributed by atoms with Crippen LogP contribution < -0.4 is 5.56 Å². The summed E-state index contributed by atoms with van der Waals surface area (Å²) in [6.45, 7) is 7.28. The third kappa shape index (κ3) is 2.40. The van der Waals surface area contributed by atoms with Gasteiger partial charge in [-0.3, -0.25) is 4.79 Å². The van der Waals surface area contributed by atoms with Crippen LogP contribution in [0, 0.1) is 24.7 Å². The third-order valence-corrected chi connectivity index (χ3v) is 4.64. The highest BCUT2D eigenvalue weighted by molar-refractivity contribution is 5.58. The highest BCUT2D eigenvalue weighted by Crippen LogP contribution is 2.46. The van der Waals surface area contributed by atoms with Crippen molar-refractivity contribution in [1.29, 1.82) is 0 Å². The minimum atomic E-state index is -0.00726. The lowest BCUT2D eigenvalue weighted by Gasteiger charge is -2.07. The molecule has 20 heavy (non-hydrogen) atoms. The topological polar surface area (TPSA) is 34.9 Å². The van der Waals surface area contributed by atoms with Crippen LogP contribution >= 0.6 is 0 Å². The summed E-state index contributed by atoms with van der Waals surface area (Å²) in [6.07, 6.45) is 0. The van der Waals surface area contributed by atoms with Crippen LogP contribution in [0.2, 0.25) is 0 Å². The highest BCUT2D eigenvalue weighted by Gasteiger charge is 2.43. The molecule has 0 radical (unpaired) electrons. The summed E-state index contributed by atoms with van der Waals surface area (Å²) in [6, 6.07) is 11.7. The van der Waals surface area contributed by atoms with Crippen LogP contribution in [-0.2, 0) is 6.54 Å². The van der Waals surface area contributed by atoms with Gasteiger partial charge in [-0.25, -0.2) is 4.68 Å². The second kappa shape index (κ2) is 4.89. The van der Waals surface area contributed by atoms with Crippen LogP contribution in [0.15, 0.2) is 41.2 Å². The molecule has 0 N–H and O–H groups in total. The van der Waals surface area contributed by atoms with E-state index in [1.165, 1.54) is 5.56 Å². The molecule has 1 aliphatic carbocycles. The zero-order valence-corrected chi connectivity index (χ0v) is 12.2. The van der Waals surface area contributed by atoms with E-state index in [0.717, 1.165) is 17.8 Å². The van der Waals surface area contributed by atoms with E-state index in [1.54, 1.807) is 10.7 Å². The van der Waals surface area contributed by atoms with Crippen molar-refractivity contribution in [2.24, 2.45) is 17.8 Å². The fraction of sp³-hybridized carbons (Fsp3) is 0.412. The zero-order valence-electron chi connectivity index (χ0n) is 12.2. The summed E-state index contributed by atoms with van der Waals surface area (Å²) in [4.78, 5) is 11.9. The Balaban J connectivity index is 1.90. The van der Waals surface area contributed by atoms with Crippen molar-refractivity contribution in [3.05, 3.63) is 52.3 Å². The van der Waals surface area contributed by atoms with Crippen LogP contribution in [0.5, 0.6) is 0 Å². The highest BCUT2D eigenvalue weighted by atomic mass is 16.1. The van der Waals surface area contributed by atoms with Crippen molar-refractivity contribution in [1.82, 2.24) is 9.78 Å². The van der Waals surface area contributed by atoms with Gasteiger partial charge in [-0.1, -0.05) is 43.7 Å². The maximum absolute atomic E-state index is 11.9. The second-order valence-corrected chi connectivity index (χ2v) is 5.99. The number of benzene rings is 1. The number of aromatic nitrogens is 2. The van der Waals surface area contributed by atoms with E-state index in [-0.39, 0.29) is 5.56 Å². The summed E-state index contributed by atoms with van der Waals surface area (Å²) in [5, 5.41) is 4.53. The number of aryl methyl sites for hydroxylation is 1. The Morgan fingerprint density at radius 1 is 1.05 bits per heavy atom. The molecule has 0 spiro atoms. The van der Waals surface area contributed by atoms with Crippen LogP contribution in [-0.4, -0.2) is 9.78 Å². The van der Waals surface area contributed by atoms with Gasteiger partial charge in [-0.05, 0) is 30.7 Å². The summed E-state index contributed by atoms with van der Waals surface area (Å²) in [5.74, 6) is 1.99. The molecule has 104 valence electrons. The molecule has 0 saturated heterocycles. The van der Waals surface area contributed by atoms with Crippen molar-refractivity contribution in [3.8, 4) is 11.3 Å². The lowest BCUT2D eigenvalue weighted by atomic mass is 10.1. The second-order valence-electron chi connectivity index (χ2n) is 5.99. The lowest BCUT2D eigenvalue weighted by Crippen LogP contribution is -2.23. The van der Waals surface area contributed by atoms with Gasteiger partial charge in [0, 0.05) is 18.2 Å². The average molecular weight is 268 g/mol. The SMILES string of the molecule is Cc1ccc(-c2ccc(=O)n(CC3[C@H](C)[C@H]3C)n2)cc1. The van der Waals surface area contributed by atoms with Gasteiger partial charge >= 0.3 is 0 Å². The van der Waals surface area contributed by atoms with E-state index >= 15 is 0 Å². The van der Waals surface area contributed by atoms with E-state index < -0.39 is 0 Å². The van der Waals surface area contributed by atoms with Gasteiger partial charge in [0.25, 0.3) is 5.56 Å². The molecule has 0 bridgehead atoms. The fourth-order valence-corrected chi connectivity index (χ4v) is 2.76. The fourth-order valence-electron chi connectivity index (χ4n) is 2.76. The molecular weight excluding hydrogens is 248 g/mol. The molecule has 2 aromatic rings. The van der Waals surface area contributed by atoms with Gasteiger partial charge in [0.05, 0.1) is 5.69 Å². The van der Waals surface area contributed by atoms with Crippen molar-refractivity contribution >= 4 is 0 Å². The largest absolute Gasteiger partial charge is 0.268 e. The van der Waals surface area contributed by atoms with Crippen molar-refractivity contribution in [3.63, 3.8) is 0 Å². The minimum Gasteiger partial charge on any atom is -0.268 e. The van der Waals surface area contributed by atoms with E-state index in [0.29, 0.717) is 17.8 Å². The Hall–Kier alpha value is -1.90. The standard InChI is InChI=1S/C17H20N2O/c1-11-4-6-14(7-5-11)16-8-9-17(20)19(18-16)10-15-12(2)13(15)3/h4-9,12-13,15H,10H2,1-3H3/t12-,13-/m1/s1. The van der Waals surface area contributed by atoms with E-state index in [9.17, 15) is 4.79 Å². The zero-order chi connectivity index (χ0) is 14.3. The molecule has 1 saturated carbocycles. The first-order valence-electron chi connectivity index (χ1n) is 7.21. The molecular formula is C17H20N2O. The quantitative estimate of drug-likeness (QED) is 0.857. The molecule has 1 aliphatic rings. The average Bonchev–Trinajstić information content (AvgIpc) is 3.00. The van der Waals surface area contributed by atoms with Gasteiger partial charge in [0.1, 0.15) is 0 Å². The normalized spacial score (nSPS) is 24.6. The Bertz CT molecular complexity index is 664. The molecule has 3 nitrogen and oxygen atoms in total. The summed E-state index contributed by atoms with van der Waals surface area (Å²) >= 11 is 0. The van der Waals surface area contributed by atoms with Gasteiger partial charge in [-0.15, -0.1) is 0 Å². The molecule has 3 heteroatoms. The van der Waals surface area contributed by atoms with Crippen molar-refractivity contribution in [2.75, 3.05) is 0 Å². The summed E-state index contributed by atoms with van der Waals surface area (Å²) < 4.78 is 1.62. The molecule has 1 aromatic carbocycles. The predicted octanol–water partition coefficient (Wildman–Crippen LogP) is 3.12. The molecule has 0 amide bonds. The molecule has 1 aromatic heterocycles. The van der Waals surface area contributed by atoms with Crippen molar-refractivity contribution in [2.45, 2.75) is 27.3 Å².